The molecule has 0 spiro atoms. The molecule has 2 aromatic carbocycles. The van der Waals surface area contributed by atoms with Crippen LogP contribution in [0.1, 0.15) is 37.8 Å². The first-order chi connectivity index (χ1) is 20.2. The highest BCUT2D eigenvalue weighted by Crippen LogP contribution is 2.22. The van der Waals surface area contributed by atoms with Crippen LogP contribution in [0.25, 0.3) is 0 Å². The SMILES string of the molecule is CC(C)C(NC(=O)C(Cc1ccccc1)NC(=O)C(Cc1cccc(Cl)c1)NC(=O)C1CCN(C)CC1)C(=O)C(F)(F)F. The van der Waals surface area contributed by atoms with Crippen LogP contribution in [0.5, 0.6) is 0 Å². The van der Waals surface area contributed by atoms with E-state index in [2.05, 4.69) is 20.9 Å². The molecule has 3 unspecified atom stereocenters. The van der Waals surface area contributed by atoms with Crippen molar-refractivity contribution in [1.82, 2.24) is 20.9 Å². The molecule has 1 aliphatic heterocycles. The Labute approximate surface area is 254 Å². The fourth-order valence-corrected chi connectivity index (χ4v) is 5.18. The van der Waals surface area contributed by atoms with E-state index in [1.807, 2.05) is 7.05 Å². The van der Waals surface area contributed by atoms with E-state index in [9.17, 15) is 32.3 Å². The largest absolute Gasteiger partial charge is 0.452 e. The first kappa shape index (κ1) is 34.1. The maximum Gasteiger partial charge on any atom is 0.452 e. The zero-order valence-electron chi connectivity index (χ0n) is 24.4. The van der Waals surface area contributed by atoms with Crippen LogP contribution in [-0.4, -0.2) is 72.8 Å². The van der Waals surface area contributed by atoms with E-state index in [1.54, 1.807) is 54.6 Å². The van der Waals surface area contributed by atoms with Gasteiger partial charge in [0.15, 0.2) is 0 Å². The number of ketones is 1. The van der Waals surface area contributed by atoms with Gasteiger partial charge in [0.1, 0.15) is 12.1 Å². The molecule has 234 valence electrons. The van der Waals surface area contributed by atoms with Crippen LogP contribution in [0.2, 0.25) is 5.02 Å². The predicted octanol–water partition coefficient (Wildman–Crippen LogP) is 3.71. The van der Waals surface area contributed by atoms with E-state index in [1.165, 1.54) is 13.8 Å². The molecule has 8 nitrogen and oxygen atoms in total. The lowest BCUT2D eigenvalue weighted by Crippen LogP contribution is -2.59. The van der Waals surface area contributed by atoms with Crippen molar-refractivity contribution >= 4 is 35.1 Å². The van der Waals surface area contributed by atoms with E-state index in [0.29, 0.717) is 29.0 Å². The number of benzene rings is 2. The zero-order chi connectivity index (χ0) is 31.7. The van der Waals surface area contributed by atoms with Crippen molar-refractivity contribution in [2.75, 3.05) is 20.1 Å². The molecule has 3 amide bonds. The highest BCUT2D eigenvalue weighted by atomic mass is 35.5. The predicted molar refractivity (Wildman–Crippen MR) is 157 cm³/mol. The molecule has 1 fully saturated rings. The first-order valence-corrected chi connectivity index (χ1v) is 14.6. The molecule has 3 N–H and O–H groups in total. The Balaban J connectivity index is 1.86. The molecule has 0 bridgehead atoms. The van der Waals surface area contributed by atoms with Crippen LogP contribution in [0.4, 0.5) is 13.2 Å². The Hall–Kier alpha value is -3.44. The van der Waals surface area contributed by atoms with Gasteiger partial charge in [0.05, 0.1) is 6.04 Å². The Morgan fingerprint density at radius 2 is 1.42 bits per heavy atom. The van der Waals surface area contributed by atoms with Crippen LogP contribution in [0, 0.1) is 11.8 Å². The van der Waals surface area contributed by atoms with E-state index >= 15 is 0 Å². The van der Waals surface area contributed by atoms with Gasteiger partial charge in [-0.3, -0.25) is 19.2 Å². The summed E-state index contributed by atoms with van der Waals surface area (Å²) in [6, 6.07) is 11.1. The average molecular weight is 623 g/mol. The van der Waals surface area contributed by atoms with Crippen molar-refractivity contribution in [3.63, 3.8) is 0 Å². The van der Waals surface area contributed by atoms with E-state index < -0.39 is 47.8 Å². The number of Topliss-reactive ketones (excluding diaryl/α,β-unsaturated/α-hetero) is 1. The van der Waals surface area contributed by atoms with E-state index in [4.69, 9.17) is 11.6 Å². The summed E-state index contributed by atoms with van der Waals surface area (Å²) in [5.74, 6) is -5.18. The number of carbonyl (C=O) groups is 4. The van der Waals surface area contributed by atoms with Crippen LogP contribution in [0.15, 0.2) is 54.6 Å². The van der Waals surface area contributed by atoms with Crippen molar-refractivity contribution in [2.45, 2.75) is 63.8 Å². The topological polar surface area (TPSA) is 108 Å². The van der Waals surface area contributed by atoms with Gasteiger partial charge in [0.25, 0.3) is 5.78 Å². The summed E-state index contributed by atoms with van der Waals surface area (Å²) in [6.45, 7) is 4.24. The Morgan fingerprint density at radius 1 is 0.860 bits per heavy atom. The van der Waals surface area contributed by atoms with E-state index in [0.717, 1.165) is 13.1 Å². The number of amides is 3. The minimum atomic E-state index is -5.15. The van der Waals surface area contributed by atoms with Crippen LogP contribution < -0.4 is 16.0 Å². The third kappa shape index (κ3) is 10.4. The second kappa shape index (κ2) is 15.3. The Morgan fingerprint density at radius 3 is 2.00 bits per heavy atom. The number of piperidine rings is 1. The van der Waals surface area contributed by atoms with Crippen molar-refractivity contribution in [2.24, 2.45) is 11.8 Å². The molecule has 0 aromatic heterocycles. The molecule has 12 heteroatoms. The zero-order valence-corrected chi connectivity index (χ0v) is 25.2. The maximum absolute atomic E-state index is 13.7. The summed E-state index contributed by atoms with van der Waals surface area (Å²) in [6.07, 6.45) is -3.91. The molecule has 1 heterocycles. The quantitative estimate of drug-likeness (QED) is 0.335. The van der Waals surface area contributed by atoms with Gasteiger partial charge in [0.2, 0.25) is 17.7 Å². The number of hydrogen-bond donors (Lipinski definition) is 3. The van der Waals surface area contributed by atoms with Crippen LogP contribution >= 0.6 is 11.6 Å². The highest BCUT2D eigenvalue weighted by Gasteiger charge is 2.45. The van der Waals surface area contributed by atoms with Gasteiger partial charge in [-0.15, -0.1) is 0 Å². The van der Waals surface area contributed by atoms with Crippen LogP contribution in [0.3, 0.4) is 0 Å². The lowest BCUT2D eigenvalue weighted by Gasteiger charge is -2.30. The summed E-state index contributed by atoms with van der Waals surface area (Å²) in [4.78, 5) is 54.5. The minimum absolute atomic E-state index is 0.0593. The molecule has 3 rings (SSSR count). The number of rotatable bonds is 12. The molecule has 0 aliphatic carbocycles. The van der Waals surface area contributed by atoms with Crippen molar-refractivity contribution in [3.05, 3.63) is 70.7 Å². The van der Waals surface area contributed by atoms with Crippen molar-refractivity contribution in [1.29, 1.82) is 0 Å². The molecular formula is C31H38ClF3N4O4. The standard InChI is InChI=1S/C31H38ClF3N4O4/c1-19(2)26(27(40)31(33,34)35)38-30(43)24(17-20-8-5-4-6-9-20)37-29(42)25(18-21-10-7-11-23(32)16-21)36-28(41)22-12-14-39(3)15-13-22/h4-11,16,19,22,24-26H,12-15,17-18H2,1-3H3,(H,36,41)(H,37,42)(H,38,43). The maximum atomic E-state index is 13.7. The third-order valence-corrected chi connectivity index (χ3v) is 7.73. The Kier molecular flexibility index (Phi) is 12.1. The van der Waals surface area contributed by atoms with Crippen LogP contribution in [-0.2, 0) is 32.0 Å². The summed E-state index contributed by atoms with van der Waals surface area (Å²) < 4.78 is 39.8. The van der Waals surface area contributed by atoms with E-state index in [-0.39, 0.29) is 24.7 Å². The molecule has 3 atom stereocenters. The summed E-state index contributed by atoms with van der Waals surface area (Å²) >= 11 is 6.14. The molecule has 1 saturated heterocycles. The third-order valence-electron chi connectivity index (χ3n) is 7.49. The molecule has 0 radical (unpaired) electrons. The van der Waals surface area contributed by atoms with Gasteiger partial charge in [-0.05, 0) is 62.2 Å². The fraction of sp³-hybridized carbons (Fsp3) is 0.484. The molecular weight excluding hydrogens is 585 g/mol. The monoisotopic (exact) mass is 622 g/mol. The second-order valence-electron chi connectivity index (χ2n) is 11.3. The smallest absolute Gasteiger partial charge is 0.344 e. The molecule has 1 aliphatic rings. The van der Waals surface area contributed by atoms with Gasteiger partial charge in [-0.2, -0.15) is 13.2 Å². The molecule has 0 saturated carbocycles. The molecule has 43 heavy (non-hydrogen) atoms. The number of alkyl halides is 3. The lowest BCUT2D eigenvalue weighted by molar-refractivity contribution is -0.175. The number of carbonyl (C=O) groups excluding carboxylic acids is 4. The van der Waals surface area contributed by atoms with Gasteiger partial charge in [0, 0.05) is 23.8 Å². The summed E-state index contributed by atoms with van der Waals surface area (Å²) in [5, 5.41) is 8.11. The van der Waals surface area contributed by atoms with Crippen molar-refractivity contribution in [3.8, 4) is 0 Å². The minimum Gasteiger partial charge on any atom is -0.344 e. The number of hydrogen-bond acceptors (Lipinski definition) is 5. The van der Waals surface area contributed by atoms with Gasteiger partial charge in [-0.25, -0.2) is 0 Å². The van der Waals surface area contributed by atoms with Crippen molar-refractivity contribution < 1.29 is 32.3 Å². The number of nitrogens with zero attached hydrogens (tertiary/aromatic N) is 1. The normalized spacial score (nSPS) is 16.7. The fourth-order valence-electron chi connectivity index (χ4n) is 4.97. The number of nitrogens with one attached hydrogen (secondary N) is 3. The average Bonchev–Trinajstić information content (AvgIpc) is 2.95. The second-order valence-corrected chi connectivity index (χ2v) is 11.8. The lowest BCUT2D eigenvalue weighted by atomic mass is 9.95. The molecule has 2 aromatic rings. The summed E-state index contributed by atoms with van der Waals surface area (Å²) in [5.41, 5.74) is 1.30. The first-order valence-electron chi connectivity index (χ1n) is 14.2. The number of halogens is 4. The van der Waals surface area contributed by atoms with Gasteiger partial charge in [-0.1, -0.05) is 67.9 Å². The number of likely N-dealkylation sites (tertiary alicyclic amines) is 1. The van der Waals surface area contributed by atoms with Gasteiger partial charge >= 0.3 is 6.18 Å². The van der Waals surface area contributed by atoms with Gasteiger partial charge < -0.3 is 20.9 Å². The Bertz CT molecular complexity index is 1270. The summed E-state index contributed by atoms with van der Waals surface area (Å²) in [7, 11) is 1.97. The highest BCUT2D eigenvalue weighted by molar-refractivity contribution is 6.30.